The van der Waals surface area contributed by atoms with E-state index in [2.05, 4.69) is 10.6 Å². The molecule has 2 N–H and O–H groups in total. The molecule has 0 saturated carbocycles. The summed E-state index contributed by atoms with van der Waals surface area (Å²) in [6.07, 6.45) is 0.308. The van der Waals surface area contributed by atoms with Crippen molar-refractivity contribution in [2.24, 2.45) is 0 Å². The van der Waals surface area contributed by atoms with Crippen LogP contribution in [0.4, 0.5) is 5.69 Å². The van der Waals surface area contributed by atoms with Gasteiger partial charge >= 0.3 is 5.97 Å². The predicted octanol–water partition coefficient (Wildman–Crippen LogP) is 3.96. The second-order valence-corrected chi connectivity index (χ2v) is 7.57. The first-order valence-electron chi connectivity index (χ1n) is 10.3. The first-order valence-corrected chi connectivity index (χ1v) is 10.7. The van der Waals surface area contributed by atoms with Crippen molar-refractivity contribution in [3.8, 4) is 0 Å². The Hall–Kier alpha value is -3.19. The highest BCUT2D eigenvalue weighted by atomic mass is 32.1. The maximum absolute atomic E-state index is 12.7. The Morgan fingerprint density at radius 3 is 2.39 bits per heavy atom. The quantitative estimate of drug-likeness (QED) is 0.505. The summed E-state index contributed by atoms with van der Waals surface area (Å²) in [5, 5.41) is 6.74. The summed E-state index contributed by atoms with van der Waals surface area (Å²) in [6, 6.07) is 16.6. The highest BCUT2D eigenvalue weighted by Crippen LogP contribution is 2.32. The van der Waals surface area contributed by atoms with Crippen molar-refractivity contribution in [2.45, 2.75) is 33.2 Å². The van der Waals surface area contributed by atoms with Crippen LogP contribution in [0, 0.1) is 0 Å². The standard InChI is InChI=1S/C24H27N3O3S/c1-4-27-16(3)21(23(29)30-5-2)22(26-24(27)31)18-11-13-19(14-12-18)25-20(28)15-17-9-7-6-8-10-17/h6-14,22H,4-5,15H2,1-3H3,(H,25,28)(H,26,31)/t22-/m1/s1. The van der Waals surface area contributed by atoms with Crippen molar-refractivity contribution in [1.29, 1.82) is 0 Å². The summed E-state index contributed by atoms with van der Waals surface area (Å²) in [5.41, 5.74) is 3.84. The van der Waals surface area contributed by atoms with Gasteiger partial charge in [-0.3, -0.25) is 4.79 Å². The highest BCUT2D eigenvalue weighted by Gasteiger charge is 2.34. The molecule has 1 atom stereocenters. The molecule has 1 aliphatic heterocycles. The van der Waals surface area contributed by atoms with E-state index in [1.54, 1.807) is 6.92 Å². The van der Waals surface area contributed by atoms with Gasteiger partial charge < -0.3 is 20.3 Å². The van der Waals surface area contributed by atoms with Gasteiger partial charge in [-0.05, 0) is 56.2 Å². The minimum Gasteiger partial charge on any atom is -0.463 e. The molecule has 2 aromatic carbocycles. The molecule has 1 aliphatic rings. The van der Waals surface area contributed by atoms with Gasteiger partial charge in [0.2, 0.25) is 5.91 Å². The molecule has 0 radical (unpaired) electrons. The Morgan fingerprint density at radius 2 is 1.77 bits per heavy atom. The Labute approximate surface area is 188 Å². The van der Waals surface area contributed by atoms with Gasteiger partial charge in [0.05, 0.1) is 24.6 Å². The molecule has 0 aromatic heterocycles. The van der Waals surface area contributed by atoms with Gasteiger partial charge in [0.25, 0.3) is 0 Å². The molecule has 0 saturated heterocycles. The molecule has 0 spiro atoms. The van der Waals surface area contributed by atoms with E-state index < -0.39 is 6.04 Å². The molecule has 7 heteroatoms. The highest BCUT2D eigenvalue weighted by molar-refractivity contribution is 7.80. The van der Waals surface area contributed by atoms with E-state index in [4.69, 9.17) is 17.0 Å². The third kappa shape index (κ3) is 5.30. The fourth-order valence-electron chi connectivity index (χ4n) is 3.63. The number of carbonyl (C=O) groups is 2. The number of rotatable bonds is 7. The van der Waals surface area contributed by atoms with Crippen LogP contribution in [0.2, 0.25) is 0 Å². The van der Waals surface area contributed by atoms with Crippen molar-refractivity contribution >= 4 is 34.9 Å². The van der Waals surface area contributed by atoms with Crippen LogP contribution >= 0.6 is 12.2 Å². The van der Waals surface area contributed by atoms with Crippen LogP contribution in [0.3, 0.4) is 0 Å². The fourth-order valence-corrected chi connectivity index (χ4v) is 4.01. The molecule has 162 valence electrons. The number of anilines is 1. The van der Waals surface area contributed by atoms with E-state index in [9.17, 15) is 9.59 Å². The van der Waals surface area contributed by atoms with Gasteiger partial charge in [-0.1, -0.05) is 42.5 Å². The molecule has 0 bridgehead atoms. The molecule has 0 unspecified atom stereocenters. The van der Waals surface area contributed by atoms with E-state index in [0.29, 0.717) is 35.9 Å². The lowest BCUT2D eigenvalue weighted by Crippen LogP contribution is -2.47. The maximum Gasteiger partial charge on any atom is 0.338 e. The average molecular weight is 438 g/mol. The number of thiocarbonyl (C=S) groups is 1. The van der Waals surface area contributed by atoms with Crippen LogP contribution in [0.15, 0.2) is 65.9 Å². The van der Waals surface area contributed by atoms with Crippen molar-refractivity contribution < 1.29 is 14.3 Å². The molecule has 3 rings (SSSR count). The lowest BCUT2D eigenvalue weighted by atomic mass is 9.95. The zero-order chi connectivity index (χ0) is 22.4. The number of benzene rings is 2. The van der Waals surface area contributed by atoms with Crippen LogP contribution in [0.1, 0.15) is 37.9 Å². The number of hydrogen-bond donors (Lipinski definition) is 2. The van der Waals surface area contributed by atoms with Gasteiger partial charge in [-0.25, -0.2) is 4.79 Å². The van der Waals surface area contributed by atoms with Crippen LogP contribution in [-0.2, 0) is 20.7 Å². The lowest BCUT2D eigenvalue weighted by Gasteiger charge is -2.37. The molecule has 0 aliphatic carbocycles. The number of allylic oxidation sites excluding steroid dienone is 1. The topological polar surface area (TPSA) is 70.7 Å². The molecule has 1 heterocycles. The summed E-state index contributed by atoms with van der Waals surface area (Å²) in [5.74, 6) is -0.448. The maximum atomic E-state index is 12.7. The second-order valence-electron chi connectivity index (χ2n) is 7.18. The minimum atomic E-state index is -0.413. The smallest absolute Gasteiger partial charge is 0.338 e. The molecule has 2 aromatic rings. The van der Waals surface area contributed by atoms with Gasteiger partial charge in [-0.15, -0.1) is 0 Å². The zero-order valence-electron chi connectivity index (χ0n) is 18.0. The first-order chi connectivity index (χ1) is 14.9. The summed E-state index contributed by atoms with van der Waals surface area (Å²) in [6.45, 7) is 6.60. The van der Waals surface area contributed by atoms with Crippen LogP contribution in [0.5, 0.6) is 0 Å². The van der Waals surface area contributed by atoms with Gasteiger partial charge in [-0.2, -0.15) is 0 Å². The number of carbonyl (C=O) groups excluding carboxylic acids is 2. The lowest BCUT2D eigenvalue weighted by molar-refractivity contribution is -0.139. The van der Waals surface area contributed by atoms with E-state index in [1.165, 1.54) is 0 Å². The molecule has 0 fully saturated rings. The van der Waals surface area contributed by atoms with E-state index in [1.807, 2.05) is 73.3 Å². The summed E-state index contributed by atoms with van der Waals surface area (Å²) in [7, 11) is 0. The fraction of sp³-hybridized carbons (Fsp3) is 0.292. The van der Waals surface area contributed by atoms with Crippen LogP contribution < -0.4 is 10.6 Å². The molecular weight excluding hydrogens is 410 g/mol. The van der Waals surface area contributed by atoms with Crippen LogP contribution in [-0.4, -0.2) is 35.0 Å². The SMILES string of the molecule is CCOC(=O)C1=C(C)N(CC)C(=S)N[C@@H]1c1ccc(NC(=O)Cc2ccccc2)cc1. The Bertz CT molecular complexity index is 987. The number of amides is 1. The summed E-state index contributed by atoms with van der Waals surface area (Å²) in [4.78, 5) is 26.9. The molecular formula is C24H27N3O3S. The third-order valence-electron chi connectivity index (χ3n) is 5.14. The third-order valence-corrected chi connectivity index (χ3v) is 5.48. The number of esters is 1. The molecule has 1 amide bonds. The van der Waals surface area contributed by atoms with Gasteiger partial charge in [0, 0.05) is 17.9 Å². The number of nitrogens with zero attached hydrogens (tertiary/aromatic N) is 1. The van der Waals surface area contributed by atoms with E-state index in [0.717, 1.165) is 16.8 Å². The zero-order valence-corrected chi connectivity index (χ0v) is 18.8. The normalized spacial score (nSPS) is 16.0. The predicted molar refractivity (Wildman–Crippen MR) is 125 cm³/mol. The number of nitrogens with one attached hydrogen (secondary N) is 2. The van der Waals surface area contributed by atoms with Crippen molar-refractivity contribution in [3.05, 3.63) is 77.0 Å². The monoisotopic (exact) mass is 437 g/mol. The summed E-state index contributed by atoms with van der Waals surface area (Å²) >= 11 is 5.50. The summed E-state index contributed by atoms with van der Waals surface area (Å²) < 4.78 is 5.30. The van der Waals surface area contributed by atoms with Crippen LogP contribution in [0.25, 0.3) is 0 Å². The van der Waals surface area contributed by atoms with Crippen molar-refractivity contribution in [1.82, 2.24) is 10.2 Å². The van der Waals surface area contributed by atoms with Crippen molar-refractivity contribution in [3.63, 3.8) is 0 Å². The largest absolute Gasteiger partial charge is 0.463 e. The average Bonchev–Trinajstić information content (AvgIpc) is 2.75. The Balaban J connectivity index is 1.79. The second kappa shape index (κ2) is 10.2. The van der Waals surface area contributed by atoms with Gasteiger partial charge in [0.15, 0.2) is 5.11 Å². The number of hydrogen-bond acceptors (Lipinski definition) is 4. The van der Waals surface area contributed by atoms with Gasteiger partial charge in [0.1, 0.15) is 0 Å². The van der Waals surface area contributed by atoms with E-state index in [-0.39, 0.29) is 11.9 Å². The molecule has 6 nitrogen and oxygen atoms in total. The first kappa shape index (κ1) is 22.5. The number of ether oxygens (including phenoxy) is 1. The van der Waals surface area contributed by atoms with E-state index >= 15 is 0 Å². The minimum absolute atomic E-state index is 0.0857. The van der Waals surface area contributed by atoms with Crippen molar-refractivity contribution in [2.75, 3.05) is 18.5 Å². The Kier molecular flexibility index (Phi) is 7.41. The Morgan fingerprint density at radius 1 is 1.10 bits per heavy atom. The molecule has 31 heavy (non-hydrogen) atoms.